The predicted octanol–water partition coefficient (Wildman–Crippen LogP) is 4.35. The van der Waals surface area contributed by atoms with Gasteiger partial charge >= 0.3 is 0 Å². The number of aromatic nitrogens is 3. The molecule has 4 aromatic rings. The fourth-order valence-corrected chi connectivity index (χ4v) is 4.31. The van der Waals surface area contributed by atoms with Crippen LogP contribution in [0.5, 0.6) is 0 Å². The van der Waals surface area contributed by atoms with Crippen LogP contribution in [0.2, 0.25) is 0 Å². The van der Waals surface area contributed by atoms with Gasteiger partial charge in [0.1, 0.15) is 0 Å². The maximum Gasteiger partial charge on any atom is 0.229 e. The maximum atomic E-state index is 13.1. The first-order chi connectivity index (χ1) is 14.6. The summed E-state index contributed by atoms with van der Waals surface area (Å²) < 4.78 is 2.13. The topological polar surface area (TPSA) is 62.5 Å². The van der Waals surface area contributed by atoms with Gasteiger partial charge in [-0.25, -0.2) is 9.97 Å². The van der Waals surface area contributed by atoms with Crippen LogP contribution in [0.4, 0.5) is 11.5 Å². The largest absolute Gasteiger partial charge is 0.354 e. The van der Waals surface area contributed by atoms with E-state index in [4.69, 9.17) is 4.98 Å². The van der Waals surface area contributed by atoms with Crippen LogP contribution in [0.15, 0.2) is 54.9 Å². The first kappa shape index (κ1) is 18.6. The van der Waals surface area contributed by atoms with Crippen LogP contribution in [-0.2, 0) is 4.79 Å². The summed E-state index contributed by atoms with van der Waals surface area (Å²) in [6, 6.07) is 14.2. The minimum absolute atomic E-state index is 0.0742. The molecule has 152 valence electrons. The molecule has 0 saturated carbocycles. The smallest absolute Gasteiger partial charge is 0.229 e. The fourth-order valence-electron chi connectivity index (χ4n) is 4.31. The average molecular weight is 399 g/mol. The number of hydrogen-bond donors (Lipinski definition) is 1. The zero-order chi connectivity index (χ0) is 20.7. The SMILES string of the molecule is Cc1ccc(C)c(NC(=O)C2CCCN(c3nc4ncccc4n4cccc34)C2)c1. The van der Waals surface area contributed by atoms with E-state index in [9.17, 15) is 4.79 Å². The minimum atomic E-state index is -0.0742. The second-order valence-corrected chi connectivity index (χ2v) is 8.14. The van der Waals surface area contributed by atoms with Crippen molar-refractivity contribution in [3.05, 3.63) is 66.0 Å². The zero-order valence-corrected chi connectivity index (χ0v) is 17.3. The molecule has 0 spiro atoms. The first-order valence-corrected chi connectivity index (χ1v) is 10.4. The van der Waals surface area contributed by atoms with E-state index in [1.54, 1.807) is 6.20 Å². The van der Waals surface area contributed by atoms with Gasteiger partial charge in [-0.2, -0.15) is 0 Å². The summed E-state index contributed by atoms with van der Waals surface area (Å²) in [6.07, 6.45) is 5.65. The van der Waals surface area contributed by atoms with E-state index < -0.39 is 0 Å². The number of amides is 1. The van der Waals surface area contributed by atoms with Crippen LogP contribution < -0.4 is 10.2 Å². The second kappa shape index (κ2) is 7.44. The molecule has 1 aromatic carbocycles. The highest BCUT2D eigenvalue weighted by atomic mass is 16.1. The van der Waals surface area contributed by atoms with Gasteiger partial charge in [-0.15, -0.1) is 0 Å². The third-order valence-corrected chi connectivity index (χ3v) is 5.96. The Hall–Kier alpha value is -3.41. The van der Waals surface area contributed by atoms with E-state index in [0.717, 1.165) is 58.7 Å². The summed E-state index contributed by atoms with van der Waals surface area (Å²) in [5, 5.41) is 3.15. The maximum absolute atomic E-state index is 13.1. The lowest BCUT2D eigenvalue weighted by molar-refractivity contribution is -0.120. The first-order valence-electron chi connectivity index (χ1n) is 10.4. The molecule has 0 aliphatic carbocycles. The Labute approximate surface area is 175 Å². The lowest BCUT2D eigenvalue weighted by Crippen LogP contribution is -2.41. The number of pyridine rings is 1. The van der Waals surface area contributed by atoms with Crippen molar-refractivity contribution in [2.45, 2.75) is 26.7 Å². The summed E-state index contributed by atoms with van der Waals surface area (Å²) in [5.74, 6) is 0.907. The normalized spacial score (nSPS) is 16.9. The molecule has 6 nitrogen and oxygen atoms in total. The lowest BCUT2D eigenvalue weighted by Gasteiger charge is -2.33. The van der Waals surface area contributed by atoms with E-state index in [0.29, 0.717) is 6.54 Å². The number of benzene rings is 1. The Kier molecular flexibility index (Phi) is 4.62. The number of hydrogen-bond acceptors (Lipinski definition) is 4. The molecule has 5 rings (SSSR count). The van der Waals surface area contributed by atoms with Gasteiger partial charge in [0.15, 0.2) is 11.5 Å². The molecule has 0 radical (unpaired) electrons. The molecule has 4 heterocycles. The number of nitrogens with one attached hydrogen (secondary N) is 1. The summed E-state index contributed by atoms with van der Waals surface area (Å²) in [5.41, 5.74) is 5.88. The van der Waals surface area contributed by atoms with E-state index in [1.165, 1.54) is 0 Å². The highest BCUT2D eigenvalue weighted by Crippen LogP contribution is 2.29. The Balaban J connectivity index is 1.43. The number of carbonyl (C=O) groups is 1. The molecule has 1 N–H and O–H groups in total. The van der Waals surface area contributed by atoms with Crippen LogP contribution in [0.1, 0.15) is 24.0 Å². The number of nitrogens with zero attached hydrogens (tertiary/aromatic N) is 4. The van der Waals surface area contributed by atoms with Gasteiger partial charge in [-0.05, 0) is 68.1 Å². The van der Waals surface area contributed by atoms with Gasteiger partial charge in [0.05, 0.1) is 17.0 Å². The average Bonchev–Trinajstić information content (AvgIpc) is 3.26. The highest BCUT2D eigenvalue weighted by Gasteiger charge is 2.28. The van der Waals surface area contributed by atoms with Crippen molar-refractivity contribution in [1.29, 1.82) is 0 Å². The number of carbonyl (C=O) groups excluding carboxylic acids is 1. The zero-order valence-electron chi connectivity index (χ0n) is 17.3. The van der Waals surface area contributed by atoms with E-state index in [2.05, 4.69) is 31.7 Å². The molecule has 30 heavy (non-hydrogen) atoms. The highest BCUT2D eigenvalue weighted by molar-refractivity contribution is 5.94. The fraction of sp³-hybridized carbons (Fsp3) is 0.292. The molecule has 0 bridgehead atoms. The van der Waals surface area contributed by atoms with Crippen molar-refractivity contribution in [3.8, 4) is 0 Å². The van der Waals surface area contributed by atoms with Crippen LogP contribution in [0.25, 0.3) is 16.7 Å². The standard InChI is InChI=1S/C24H25N5O/c1-16-9-10-17(2)19(14-16)26-24(30)18-6-4-12-28(15-18)23-21-8-5-13-29(21)20-7-3-11-25-22(20)27-23/h3,5,7-11,13-14,18H,4,6,12,15H2,1-2H3,(H,26,30). The van der Waals surface area contributed by atoms with Crippen LogP contribution in [-0.4, -0.2) is 33.4 Å². The molecule has 1 aliphatic heterocycles. The third-order valence-electron chi connectivity index (χ3n) is 5.96. The van der Waals surface area contributed by atoms with E-state index in [-0.39, 0.29) is 11.8 Å². The van der Waals surface area contributed by atoms with Crippen LogP contribution >= 0.6 is 0 Å². The number of fused-ring (bicyclic) bond motifs is 3. The summed E-state index contributed by atoms with van der Waals surface area (Å²) in [6.45, 7) is 5.61. The van der Waals surface area contributed by atoms with Crippen LogP contribution in [0, 0.1) is 19.8 Å². The van der Waals surface area contributed by atoms with Crippen molar-refractivity contribution in [2.75, 3.05) is 23.3 Å². The second-order valence-electron chi connectivity index (χ2n) is 8.14. The Morgan fingerprint density at radius 1 is 1.13 bits per heavy atom. The molecule has 1 atom stereocenters. The van der Waals surface area contributed by atoms with E-state index >= 15 is 0 Å². The van der Waals surface area contributed by atoms with Gasteiger partial charge in [0, 0.05) is 31.2 Å². The Bertz CT molecular complexity index is 1250. The van der Waals surface area contributed by atoms with Crippen LogP contribution in [0.3, 0.4) is 0 Å². The van der Waals surface area contributed by atoms with Gasteiger partial charge < -0.3 is 14.6 Å². The molecule has 1 aliphatic rings. The lowest BCUT2D eigenvalue weighted by atomic mass is 9.96. The molecular weight excluding hydrogens is 374 g/mol. The van der Waals surface area contributed by atoms with Gasteiger partial charge in [-0.3, -0.25) is 4.79 Å². The summed E-state index contributed by atoms with van der Waals surface area (Å²) in [4.78, 5) is 24.6. The number of piperidine rings is 1. The Morgan fingerprint density at radius 3 is 2.90 bits per heavy atom. The molecule has 1 unspecified atom stereocenters. The predicted molar refractivity (Wildman–Crippen MR) is 120 cm³/mol. The van der Waals surface area contributed by atoms with Crippen molar-refractivity contribution in [2.24, 2.45) is 5.92 Å². The summed E-state index contributed by atoms with van der Waals surface area (Å²) in [7, 11) is 0. The van der Waals surface area contributed by atoms with Crippen molar-refractivity contribution in [1.82, 2.24) is 14.4 Å². The van der Waals surface area contributed by atoms with Crippen molar-refractivity contribution >= 4 is 34.1 Å². The monoisotopic (exact) mass is 399 g/mol. The van der Waals surface area contributed by atoms with E-state index in [1.807, 2.05) is 50.4 Å². The molecule has 1 fully saturated rings. The Morgan fingerprint density at radius 2 is 2.00 bits per heavy atom. The number of aryl methyl sites for hydroxylation is 2. The third kappa shape index (κ3) is 3.28. The molecular formula is C24H25N5O. The van der Waals surface area contributed by atoms with Gasteiger partial charge in [0.2, 0.25) is 5.91 Å². The van der Waals surface area contributed by atoms with Gasteiger partial charge in [-0.1, -0.05) is 12.1 Å². The summed E-state index contributed by atoms with van der Waals surface area (Å²) >= 11 is 0. The number of rotatable bonds is 3. The van der Waals surface area contributed by atoms with Crippen molar-refractivity contribution in [3.63, 3.8) is 0 Å². The van der Waals surface area contributed by atoms with Crippen molar-refractivity contribution < 1.29 is 4.79 Å². The molecule has 1 amide bonds. The number of anilines is 2. The molecule has 1 saturated heterocycles. The molecule has 6 heteroatoms. The molecule has 3 aromatic heterocycles. The van der Waals surface area contributed by atoms with Gasteiger partial charge in [0.25, 0.3) is 0 Å². The minimum Gasteiger partial charge on any atom is -0.354 e. The quantitative estimate of drug-likeness (QED) is 0.556.